The van der Waals surface area contributed by atoms with Crippen molar-refractivity contribution in [2.75, 3.05) is 7.11 Å². The highest BCUT2D eigenvalue weighted by atomic mass is 32.1. The molecule has 1 aromatic carbocycles. The average Bonchev–Trinajstić information content (AvgIpc) is 3.09. The highest BCUT2D eigenvalue weighted by Crippen LogP contribution is 2.26. The van der Waals surface area contributed by atoms with E-state index < -0.39 is 0 Å². The number of rotatable bonds is 4. The number of imidazole rings is 1. The van der Waals surface area contributed by atoms with Crippen LogP contribution in [0.25, 0.3) is 10.7 Å². The van der Waals surface area contributed by atoms with E-state index in [1.807, 2.05) is 24.5 Å². The molecule has 102 valence electrons. The van der Waals surface area contributed by atoms with Gasteiger partial charge in [0, 0.05) is 18.0 Å². The lowest BCUT2D eigenvalue weighted by atomic mass is 10.1. The molecule has 0 aliphatic heterocycles. The Morgan fingerprint density at radius 3 is 2.95 bits per heavy atom. The minimum atomic E-state index is 0.762. The number of methoxy groups -OCH3 is 1. The second-order valence-corrected chi connectivity index (χ2v) is 5.62. The highest BCUT2D eigenvalue weighted by molar-refractivity contribution is 7.13. The van der Waals surface area contributed by atoms with Crippen LogP contribution in [-0.4, -0.2) is 16.7 Å². The van der Waals surface area contributed by atoms with Gasteiger partial charge >= 0.3 is 0 Å². The largest absolute Gasteiger partial charge is 0.496 e. The van der Waals surface area contributed by atoms with Crippen molar-refractivity contribution in [2.45, 2.75) is 13.5 Å². The molecule has 0 bridgehead atoms. The predicted molar refractivity (Wildman–Crippen MR) is 82.4 cm³/mol. The van der Waals surface area contributed by atoms with E-state index >= 15 is 0 Å². The third-order valence-electron chi connectivity index (χ3n) is 3.23. The van der Waals surface area contributed by atoms with Gasteiger partial charge in [-0.25, -0.2) is 4.98 Å². The minimum absolute atomic E-state index is 0.762. The summed E-state index contributed by atoms with van der Waals surface area (Å²) in [7, 11) is 1.71. The van der Waals surface area contributed by atoms with Crippen molar-refractivity contribution in [3.05, 3.63) is 59.2 Å². The topological polar surface area (TPSA) is 27.1 Å². The van der Waals surface area contributed by atoms with E-state index in [9.17, 15) is 0 Å². The standard InChI is InChI=1S/C16H16N2OS/c1-12-5-6-14(19-2)13(10-12)11-18-8-7-17-16(18)15-4-3-9-20-15/h3-10H,11H2,1-2H3. The normalized spacial score (nSPS) is 10.7. The van der Waals surface area contributed by atoms with E-state index in [0.29, 0.717) is 0 Å². The van der Waals surface area contributed by atoms with E-state index in [-0.39, 0.29) is 0 Å². The molecule has 3 nitrogen and oxygen atoms in total. The summed E-state index contributed by atoms with van der Waals surface area (Å²) >= 11 is 1.70. The van der Waals surface area contributed by atoms with Gasteiger partial charge in [-0.1, -0.05) is 23.8 Å². The van der Waals surface area contributed by atoms with Crippen LogP contribution < -0.4 is 4.74 Å². The Morgan fingerprint density at radius 1 is 1.30 bits per heavy atom. The fourth-order valence-corrected chi connectivity index (χ4v) is 3.02. The number of aromatic nitrogens is 2. The van der Waals surface area contributed by atoms with Gasteiger partial charge in [0.15, 0.2) is 0 Å². The first kappa shape index (κ1) is 12.9. The molecule has 20 heavy (non-hydrogen) atoms. The van der Waals surface area contributed by atoms with Crippen LogP contribution in [0.15, 0.2) is 48.1 Å². The van der Waals surface area contributed by atoms with Gasteiger partial charge in [-0.2, -0.15) is 0 Å². The Kier molecular flexibility index (Phi) is 3.56. The van der Waals surface area contributed by atoms with Crippen LogP contribution >= 0.6 is 11.3 Å². The number of nitrogens with zero attached hydrogens (tertiary/aromatic N) is 2. The first-order valence-electron chi connectivity index (χ1n) is 6.46. The Hall–Kier alpha value is -2.07. The summed E-state index contributed by atoms with van der Waals surface area (Å²) in [6.45, 7) is 2.86. The van der Waals surface area contributed by atoms with Crippen LogP contribution in [0.5, 0.6) is 5.75 Å². The van der Waals surface area contributed by atoms with E-state index in [4.69, 9.17) is 4.74 Å². The maximum absolute atomic E-state index is 5.45. The van der Waals surface area contributed by atoms with Crippen LogP contribution in [0, 0.1) is 6.92 Å². The maximum Gasteiger partial charge on any atom is 0.150 e. The summed E-state index contributed by atoms with van der Waals surface area (Å²) in [6.07, 6.45) is 3.86. The van der Waals surface area contributed by atoms with Gasteiger partial charge < -0.3 is 9.30 Å². The van der Waals surface area contributed by atoms with Crippen LogP contribution in [0.4, 0.5) is 0 Å². The highest BCUT2D eigenvalue weighted by Gasteiger charge is 2.10. The number of benzene rings is 1. The lowest BCUT2D eigenvalue weighted by molar-refractivity contribution is 0.408. The van der Waals surface area contributed by atoms with Gasteiger partial charge in [-0.05, 0) is 24.4 Å². The molecule has 0 atom stereocenters. The van der Waals surface area contributed by atoms with Gasteiger partial charge in [0.25, 0.3) is 0 Å². The number of thiophene rings is 1. The van der Waals surface area contributed by atoms with Crippen molar-refractivity contribution >= 4 is 11.3 Å². The molecular formula is C16H16N2OS. The van der Waals surface area contributed by atoms with Crippen LogP contribution in [0.1, 0.15) is 11.1 Å². The van der Waals surface area contributed by atoms with E-state index in [1.54, 1.807) is 18.4 Å². The first-order chi connectivity index (χ1) is 9.78. The SMILES string of the molecule is COc1ccc(C)cc1Cn1ccnc1-c1cccs1. The zero-order valence-electron chi connectivity index (χ0n) is 11.5. The van der Waals surface area contributed by atoms with Crippen molar-refractivity contribution in [1.29, 1.82) is 0 Å². The van der Waals surface area contributed by atoms with Gasteiger partial charge in [0.2, 0.25) is 0 Å². The quantitative estimate of drug-likeness (QED) is 0.724. The second kappa shape index (κ2) is 5.51. The van der Waals surface area contributed by atoms with Crippen molar-refractivity contribution < 1.29 is 4.74 Å². The molecule has 0 fully saturated rings. The molecule has 0 radical (unpaired) electrons. The average molecular weight is 284 g/mol. The van der Waals surface area contributed by atoms with Crippen LogP contribution in [-0.2, 0) is 6.54 Å². The summed E-state index contributed by atoms with van der Waals surface area (Å²) in [5.74, 6) is 1.92. The fourth-order valence-electron chi connectivity index (χ4n) is 2.28. The molecule has 0 spiro atoms. The predicted octanol–water partition coefficient (Wildman–Crippen LogP) is 3.98. The molecular weight excluding hydrogens is 268 g/mol. The Bertz CT molecular complexity index is 701. The minimum Gasteiger partial charge on any atom is -0.496 e. The Labute approximate surface area is 122 Å². The Morgan fingerprint density at radius 2 is 2.20 bits per heavy atom. The molecule has 0 saturated heterocycles. The number of ether oxygens (including phenoxy) is 1. The van der Waals surface area contributed by atoms with Gasteiger partial charge in [-0.3, -0.25) is 0 Å². The fraction of sp³-hybridized carbons (Fsp3) is 0.188. The second-order valence-electron chi connectivity index (χ2n) is 4.67. The van der Waals surface area contributed by atoms with Crippen molar-refractivity contribution in [2.24, 2.45) is 0 Å². The van der Waals surface area contributed by atoms with E-state index in [1.165, 1.54) is 16.0 Å². The summed E-state index contributed by atoms with van der Waals surface area (Å²) in [4.78, 5) is 5.65. The van der Waals surface area contributed by atoms with Crippen LogP contribution in [0.2, 0.25) is 0 Å². The summed E-state index contributed by atoms with van der Waals surface area (Å²) in [6, 6.07) is 10.4. The monoisotopic (exact) mass is 284 g/mol. The zero-order chi connectivity index (χ0) is 13.9. The third-order valence-corrected chi connectivity index (χ3v) is 4.10. The molecule has 2 heterocycles. The van der Waals surface area contributed by atoms with E-state index in [2.05, 4.69) is 40.1 Å². The maximum atomic E-state index is 5.45. The van der Waals surface area contributed by atoms with Crippen molar-refractivity contribution in [3.8, 4) is 16.5 Å². The lowest BCUT2D eigenvalue weighted by Crippen LogP contribution is -2.03. The molecule has 0 saturated carbocycles. The number of hydrogen-bond donors (Lipinski definition) is 0. The van der Waals surface area contributed by atoms with Gasteiger partial charge in [-0.15, -0.1) is 11.3 Å². The molecule has 0 N–H and O–H groups in total. The molecule has 0 unspecified atom stereocenters. The molecule has 3 rings (SSSR count). The molecule has 0 amide bonds. The zero-order valence-corrected chi connectivity index (χ0v) is 12.4. The smallest absolute Gasteiger partial charge is 0.150 e. The lowest BCUT2D eigenvalue weighted by Gasteiger charge is -2.12. The first-order valence-corrected chi connectivity index (χ1v) is 7.34. The molecule has 0 aliphatic carbocycles. The Balaban J connectivity index is 1.97. The summed E-state index contributed by atoms with van der Waals surface area (Å²) < 4.78 is 7.60. The molecule has 4 heteroatoms. The number of hydrogen-bond acceptors (Lipinski definition) is 3. The molecule has 3 aromatic rings. The van der Waals surface area contributed by atoms with E-state index in [0.717, 1.165) is 18.1 Å². The summed E-state index contributed by atoms with van der Waals surface area (Å²) in [5.41, 5.74) is 2.40. The molecule has 0 aliphatic rings. The van der Waals surface area contributed by atoms with Crippen LogP contribution in [0.3, 0.4) is 0 Å². The number of aryl methyl sites for hydroxylation is 1. The van der Waals surface area contributed by atoms with Crippen molar-refractivity contribution in [3.63, 3.8) is 0 Å². The van der Waals surface area contributed by atoms with Crippen molar-refractivity contribution in [1.82, 2.24) is 9.55 Å². The van der Waals surface area contributed by atoms with Gasteiger partial charge in [0.05, 0.1) is 18.5 Å². The molecule has 2 aromatic heterocycles. The van der Waals surface area contributed by atoms with Gasteiger partial charge in [0.1, 0.15) is 11.6 Å². The summed E-state index contributed by atoms with van der Waals surface area (Å²) in [5, 5.41) is 2.07. The third kappa shape index (κ3) is 2.47.